The fraction of sp³-hybridized carbons (Fsp3) is 0.750. The van der Waals surface area contributed by atoms with Crippen LogP contribution in [0.15, 0.2) is 12.2 Å². The van der Waals surface area contributed by atoms with Crippen LogP contribution in [-0.2, 0) is 0 Å². The molecule has 2 nitrogen and oxygen atoms in total. The summed E-state index contributed by atoms with van der Waals surface area (Å²) < 4.78 is 0. The molecular formula is C8H16N2. The van der Waals surface area contributed by atoms with Crippen molar-refractivity contribution >= 4 is 0 Å². The highest BCUT2D eigenvalue weighted by molar-refractivity contribution is 4.90. The molecule has 0 radical (unpaired) electrons. The van der Waals surface area contributed by atoms with Crippen LogP contribution < -0.4 is 11.5 Å². The summed E-state index contributed by atoms with van der Waals surface area (Å²) >= 11 is 0. The van der Waals surface area contributed by atoms with Crippen molar-refractivity contribution < 1.29 is 0 Å². The van der Waals surface area contributed by atoms with E-state index < -0.39 is 0 Å². The van der Waals surface area contributed by atoms with Crippen LogP contribution in [0, 0.1) is 0 Å². The van der Waals surface area contributed by atoms with Gasteiger partial charge in [0, 0.05) is 12.1 Å². The smallest absolute Gasteiger partial charge is 0.0195 e. The van der Waals surface area contributed by atoms with Crippen molar-refractivity contribution in [3.05, 3.63) is 12.2 Å². The molecule has 58 valence electrons. The molecule has 1 aliphatic carbocycles. The number of hydrogen-bond acceptors (Lipinski definition) is 2. The van der Waals surface area contributed by atoms with Gasteiger partial charge in [-0.25, -0.2) is 0 Å². The van der Waals surface area contributed by atoms with Gasteiger partial charge in [-0.15, -0.1) is 0 Å². The zero-order valence-corrected chi connectivity index (χ0v) is 6.29. The Kier molecular flexibility index (Phi) is 2.90. The summed E-state index contributed by atoms with van der Waals surface area (Å²) in [5.41, 5.74) is 11.6. The first kappa shape index (κ1) is 7.76. The molecule has 2 heteroatoms. The van der Waals surface area contributed by atoms with E-state index in [1.165, 1.54) is 0 Å². The molecule has 0 saturated carbocycles. The lowest BCUT2D eigenvalue weighted by Gasteiger charge is -2.19. The Balaban J connectivity index is 2.40. The maximum Gasteiger partial charge on any atom is 0.0195 e. The van der Waals surface area contributed by atoms with Crippen molar-refractivity contribution in [1.82, 2.24) is 0 Å². The molecule has 0 bridgehead atoms. The minimum atomic E-state index is 0.213. The van der Waals surface area contributed by atoms with Crippen LogP contribution in [0.25, 0.3) is 0 Å². The Morgan fingerprint density at radius 2 is 1.30 bits per heavy atom. The number of hydrogen-bond donors (Lipinski definition) is 2. The van der Waals surface area contributed by atoms with Gasteiger partial charge in [-0.1, -0.05) is 12.2 Å². The summed E-state index contributed by atoms with van der Waals surface area (Å²) in [6.45, 7) is 0. The van der Waals surface area contributed by atoms with Crippen LogP contribution in [0.2, 0.25) is 0 Å². The molecule has 10 heavy (non-hydrogen) atoms. The fourth-order valence-electron chi connectivity index (χ4n) is 1.24. The van der Waals surface area contributed by atoms with Crippen LogP contribution in [0.5, 0.6) is 0 Å². The van der Waals surface area contributed by atoms with Crippen LogP contribution >= 0.6 is 0 Å². The van der Waals surface area contributed by atoms with E-state index in [-0.39, 0.29) is 12.1 Å². The van der Waals surface area contributed by atoms with Gasteiger partial charge in [0.25, 0.3) is 0 Å². The van der Waals surface area contributed by atoms with Crippen molar-refractivity contribution in [3.63, 3.8) is 0 Å². The molecule has 0 aromatic heterocycles. The van der Waals surface area contributed by atoms with Gasteiger partial charge in [0.15, 0.2) is 0 Å². The lowest BCUT2D eigenvalue weighted by atomic mass is 9.97. The minimum Gasteiger partial charge on any atom is -0.326 e. The second-order valence-electron chi connectivity index (χ2n) is 2.95. The summed E-state index contributed by atoms with van der Waals surface area (Å²) in [6, 6.07) is 0.426. The van der Waals surface area contributed by atoms with E-state index in [4.69, 9.17) is 11.5 Å². The van der Waals surface area contributed by atoms with Crippen LogP contribution in [-0.4, -0.2) is 12.1 Å². The molecule has 0 fully saturated rings. The molecule has 4 N–H and O–H groups in total. The third-order valence-corrected chi connectivity index (χ3v) is 2.05. The maximum absolute atomic E-state index is 5.79. The Bertz CT molecular complexity index is 106. The normalized spacial score (nSPS) is 35.0. The number of nitrogens with two attached hydrogens (primary N) is 2. The van der Waals surface area contributed by atoms with Gasteiger partial charge in [0.2, 0.25) is 0 Å². The van der Waals surface area contributed by atoms with Crippen molar-refractivity contribution in [2.24, 2.45) is 11.5 Å². The maximum atomic E-state index is 5.79. The van der Waals surface area contributed by atoms with E-state index >= 15 is 0 Å². The monoisotopic (exact) mass is 140 g/mol. The second kappa shape index (κ2) is 3.74. The first-order chi connectivity index (χ1) is 4.80. The van der Waals surface area contributed by atoms with E-state index in [0.717, 1.165) is 25.7 Å². The Morgan fingerprint density at radius 1 is 0.900 bits per heavy atom. The summed E-state index contributed by atoms with van der Waals surface area (Å²) in [7, 11) is 0. The standard InChI is InChI=1S/C8H16N2/c9-7-5-3-1-2-4-6-8(7)10/h1-2,7-8H,3-6,9-10H2/t7-,8+. The Hall–Kier alpha value is -0.340. The molecule has 0 aliphatic heterocycles. The largest absolute Gasteiger partial charge is 0.326 e. The molecule has 0 spiro atoms. The van der Waals surface area contributed by atoms with Crippen molar-refractivity contribution in [2.45, 2.75) is 37.8 Å². The molecule has 1 aliphatic rings. The van der Waals surface area contributed by atoms with Crippen LogP contribution in [0.4, 0.5) is 0 Å². The van der Waals surface area contributed by atoms with Gasteiger partial charge >= 0.3 is 0 Å². The van der Waals surface area contributed by atoms with Gasteiger partial charge < -0.3 is 11.5 Å². The predicted molar refractivity (Wildman–Crippen MR) is 43.6 cm³/mol. The molecule has 0 aromatic carbocycles. The van der Waals surface area contributed by atoms with Crippen molar-refractivity contribution in [3.8, 4) is 0 Å². The zero-order chi connectivity index (χ0) is 7.40. The van der Waals surface area contributed by atoms with E-state index in [2.05, 4.69) is 12.2 Å². The second-order valence-corrected chi connectivity index (χ2v) is 2.95. The van der Waals surface area contributed by atoms with Gasteiger partial charge in [0.05, 0.1) is 0 Å². The topological polar surface area (TPSA) is 52.0 Å². The highest BCUT2D eigenvalue weighted by Gasteiger charge is 2.12. The summed E-state index contributed by atoms with van der Waals surface area (Å²) in [5, 5.41) is 0. The van der Waals surface area contributed by atoms with Crippen molar-refractivity contribution in [2.75, 3.05) is 0 Å². The average Bonchev–Trinajstić information content (AvgIpc) is 1.92. The molecular weight excluding hydrogens is 124 g/mol. The molecule has 0 unspecified atom stereocenters. The quantitative estimate of drug-likeness (QED) is 0.488. The number of allylic oxidation sites excluding steroid dienone is 2. The van der Waals surface area contributed by atoms with Gasteiger partial charge in [0.1, 0.15) is 0 Å². The number of rotatable bonds is 0. The lowest BCUT2D eigenvalue weighted by molar-refractivity contribution is 0.468. The third-order valence-electron chi connectivity index (χ3n) is 2.05. The Morgan fingerprint density at radius 3 is 1.70 bits per heavy atom. The molecule has 0 aromatic rings. The molecule has 0 amide bonds. The SMILES string of the molecule is N[C@@H]1CCC=CCC[C@@H]1N. The highest BCUT2D eigenvalue weighted by Crippen LogP contribution is 2.09. The fourth-order valence-corrected chi connectivity index (χ4v) is 1.24. The lowest BCUT2D eigenvalue weighted by Crippen LogP contribution is -2.41. The van der Waals surface area contributed by atoms with Gasteiger partial charge in [-0.3, -0.25) is 0 Å². The summed E-state index contributed by atoms with van der Waals surface area (Å²) in [5.74, 6) is 0. The van der Waals surface area contributed by atoms with Crippen LogP contribution in [0.3, 0.4) is 0 Å². The first-order valence-corrected chi connectivity index (χ1v) is 3.97. The average molecular weight is 140 g/mol. The molecule has 2 atom stereocenters. The third kappa shape index (κ3) is 2.12. The van der Waals surface area contributed by atoms with E-state index in [0.29, 0.717) is 0 Å². The van der Waals surface area contributed by atoms with Gasteiger partial charge in [-0.05, 0) is 25.7 Å². The first-order valence-electron chi connectivity index (χ1n) is 3.97. The molecule has 0 heterocycles. The van der Waals surface area contributed by atoms with Crippen LogP contribution in [0.1, 0.15) is 25.7 Å². The molecule has 1 rings (SSSR count). The zero-order valence-electron chi connectivity index (χ0n) is 6.29. The van der Waals surface area contributed by atoms with E-state index in [1.807, 2.05) is 0 Å². The summed E-state index contributed by atoms with van der Waals surface area (Å²) in [4.78, 5) is 0. The minimum absolute atomic E-state index is 0.213. The Labute approximate surface area is 62.3 Å². The van der Waals surface area contributed by atoms with Crippen molar-refractivity contribution in [1.29, 1.82) is 0 Å². The predicted octanol–water partition coefficient (Wildman–Crippen LogP) is 0.771. The van der Waals surface area contributed by atoms with E-state index in [1.54, 1.807) is 0 Å². The highest BCUT2D eigenvalue weighted by atomic mass is 14.8. The molecule has 0 saturated heterocycles. The van der Waals surface area contributed by atoms with Gasteiger partial charge in [-0.2, -0.15) is 0 Å². The van der Waals surface area contributed by atoms with E-state index in [9.17, 15) is 0 Å². The summed E-state index contributed by atoms with van der Waals surface area (Å²) in [6.07, 6.45) is 8.66.